The zero-order chi connectivity index (χ0) is 13.0. The summed E-state index contributed by atoms with van der Waals surface area (Å²) in [4.78, 5) is 4.61. The number of rotatable bonds is 0. The second kappa shape index (κ2) is 5.06. The van der Waals surface area contributed by atoms with Crippen LogP contribution in [0.25, 0.3) is 10.9 Å². The molecule has 0 fully saturated rings. The van der Waals surface area contributed by atoms with Crippen molar-refractivity contribution in [3.05, 3.63) is 34.5 Å². The fourth-order valence-electron chi connectivity index (χ4n) is 3.36. The van der Waals surface area contributed by atoms with E-state index < -0.39 is 6.10 Å². The highest BCUT2D eigenvalue weighted by Crippen LogP contribution is 2.35. The van der Waals surface area contributed by atoms with E-state index in [1.165, 1.54) is 16.6 Å². The highest BCUT2D eigenvalue weighted by atomic mass is 35.5. The van der Waals surface area contributed by atoms with Crippen molar-refractivity contribution in [3.8, 4) is 0 Å². The quantitative estimate of drug-likeness (QED) is 0.797. The van der Waals surface area contributed by atoms with Crippen LogP contribution in [-0.4, -0.2) is 28.0 Å². The van der Waals surface area contributed by atoms with E-state index >= 15 is 0 Å². The molecule has 1 unspecified atom stereocenters. The third-order valence-electron chi connectivity index (χ3n) is 4.13. The molecule has 20 heavy (non-hydrogen) atoms. The van der Waals surface area contributed by atoms with Crippen molar-refractivity contribution in [2.75, 3.05) is 6.54 Å². The Labute approximate surface area is 128 Å². The predicted octanol–water partition coefficient (Wildman–Crippen LogP) is 3.22. The van der Waals surface area contributed by atoms with Crippen LogP contribution in [0.5, 0.6) is 0 Å². The molecule has 2 aromatic rings. The van der Waals surface area contributed by atoms with Crippen LogP contribution < -0.4 is 0 Å². The minimum Gasteiger partial charge on any atom is -0.389 e. The molecule has 1 aromatic carbocycles. The van der Waals surface area contributed by atoms with Gasteiger partial charge in [0.05, 0.1) is 36.1 Å². The molecular formula is C15H16Cl2N2O. The summed E-state index contributed by atoms with van der Waals surface area (Å²) in [6.45, 7) is 1.12. The van der Waals surface area contributed by atoms with Crippen LogP contribution in [0.4, 0.5) is 0 Å². The van der Waals surface area contributed by atoms with Gasteiger partial charge in [0.25, 0.3) is 0 Å². The normalized spacial score (nSPS) is 20.9. The molecule has 5 heteroatoms. The van der Waals surface area contributed by atoms with Gasteiger partial charge in [0.15, 0.2) is 0 Å². The van der Waals surface area contributed by atoms with Gasteiger partial charge < -0.3 is 9.67 Å². The number of halogens is 2. The standard InChI is InChI=1S/C15H15ClN2O.ClH/c16-9-4-5-11-12-2-1-3-13-15(12)18(14(11)6-9)8-10(19)7-17-13;/h4-6,10,19H,1-3,7-8H2;1H. The van der Waals surface area contributed by atoms with Crippen molar-refractivity contribution in [1.29, 1.82) is 0 Å². The number of aryl methyl sites for hydroxylation is 1. The lowest BCUT2D eigenvalue weighted by Crippen LogP contribution is -2.18. The smallest absolute Gasteiger partial charge is 0.0914 e. The summed E-state index contributed by atoms with van der Waals surface area (Å²) in [5.41, 5.74) is 4.91. The van der Waals surface area contributed by atoms with Gasteiger partial charge in [-0.15, -0.1) is 12.4 Å². The average Bonchev–Trinajstić information content (AvgIpc) is 2.60. The summed E-state index contributed by atoms with van der Waals surface area (Å²) < 4.78 is 2.21. The van der Waals surface area contributed by atoms with E-state index in [9.17, 15) is 5.11 Å². The first-order valence-electron chi connectivity index (χ1n) is 6.76. The van der Waals surface area contributed by atoms with Crippen molar-refractivity contribution < 1.29 is 5.11 Å². The summed E-state index contributed by atoms with van der Waals surface area (Å²) in [6.07, 6.45) is 2.85. The maximum Gasteiger partial charge on any atom is 0.0914 e. The van der Waals surface area contributed by atoms with E-state index in [1.54, 1.807) is 0 Å². The lowest BCUT2D eigenvalue weighted by Gasteiger charge is -2.16. The average molecular weight is 311 g/mol. The molecule has 0 radical (unpaired) electrons. The SMILES string of the molecule is Cl.OC1CN=C2CCCc3c2n(c2cc(Cl)ccc32)C1. The van der Waals surface area contributed by atoms with E-state index in [2.05, 4.69) is 15.6 Å². The lowest BCUT2D eigenvalue weighted by atomic mass is 9.94. The number of nitrogens with zero attached hydrogens (tertiary/aromatic N) is 2. The molecule has 3 nitrogen and oxygen atoms in total. The van der Waals surface area contributed by atoms with Gasteiger partial charge in [-0.3, -0.25) is 4.99 Å². The summed E-state index contributed by atoms with van der Waals surface area (Å²) >= 11 is 6.14. The van der Waals surface area contributed by atoms with Crippen LogP contribution >= 0.6 is 24.0 Å². The van der Waals surface area contributed by atoms with Crippen LogP contribution in [0.15, 0.2) is 23.2 Å². The highest BCUT2D eigenvalue weighted by Gasteiger charge is 2.27. The fourth-order valence-corrected chi connectivity index (χ4v) is 3.52. The lowest BCUT2D eigenvalue weighted by molar-refractivity contribution is 0.166. The van der Waals surface area contributed by atoms with Crippen molar-refractivity contribution in [2.45, 2.75) is 31.9 Å². The van der Waals surface area contributed by atoms with Gasteiger partial charge in [-0.05, 0) is 37.0 Å². The van der Waals surface area contributed by atoms with Crippen molar-refractivity contribution >= 4 is 40.6 Å². The Morgan fingerprint density at radius 3 is 3.00 bits per heavy atom. The molecule has 2 heterocycles. The van der Waals surface area contributed by atoms with Gasteiger partial charge in [0.1, 0.15) is 0 Å². The number of aliphatic hydroxyl groups excluding tert-OH is 1. The Kier molecular flexibility index (Phi) is 3.53. The van der Waals surface area contributed by atoms with Crippen LogP contribution in [0.1, 0.15) is 24.1 Å². The number of aromatic nitrogens is 1. The van der Waals surface area contributed by atoms with Crippen molar-refractivity contribution in [2.24, 2.45) is 4.99 Å². The molecule has 1 aliphatic carbocycles. The molecule has 0 saturated carbocycles. The summed E-state index contributed by atoms with van der Waals surface area (Å²) in [5.74, 6) is 0. The molecule has 1 aromatic heterocycles. The minimum atomic E-state index is -0.406. The molecular weight excluding hydrogens is 295 g/mol. The van der Waals surface area contributed by atoms with Gasteiger partial charge in [-0.25, -0.2) is 0 Å². The maximum atomic E-state index is 10.0. The first kappa shape index (κ1) is 13.9. The molecule has 0 amide bonds. The molecule has 1 N–H and O–H groups in total. The number of fused-ring (bicyclic) bond motifs is 3. The number of hydrogen-bond donors (Lipinski definition) is 1. The molecule has 0 saturated heterocycles. The van der Waals surface area contributed by atoms with E-state index in [1.807, 2.05) is 12.1 Å². The van der Waals surface area contributed by atoms with Crippen molar-refractivity contribution in [3.63, 3.8) is 0 Å². The number of hydrogen-bond acceptors (Lipinski definition) is 2. The number of aliphatic hydroxyl groups is 1. The van der Waals surface area contributed by atoms with E-state index in [0.717, 1.165) is 35.5 Å². The Morgan fingerprint density at radius 1 is 1.30 bits per heavy atom. The second-order valence-corrected chi connectivity index (χ2v) is 5.83. The molecule has 2 aliphatic rings. The molecule has 0 spiro atoms. The monoisotopic (exact) mass is 310 g/mol. The second-order valence-electron chi connectivity index (χ2n) is 5.39. The summed E-state index contributed by atoms with van der Waals surface area (Å²) in [7, 11) is 0. The van der Waals surface area contributed by atoms with Crippen molar-refractivity contribution in [1.82, 2.24) is 4.57 Å². The Balaban J connectivity index is 0.00000121. The Bertz CT molecular complexity index is 705. The van der Waals surface area contributed by atoms with Gasteiger partial charge >= 0.3 is 0 Å². The first-order valence-corrected chi connectivity index (χ1v) is 7.14. The van der Waals surface area contributed by atoms with Crippen LogP contribution in [0, 0.1) is 0 Å². The largest absolute Gasteiger partial charge is 0.389 e. The predicted molar refractivity (Wildman–Crippen MR) is 84.5 cm³/mol. The zero-order valence-electron chi connectivity index (χ0n) is 11.0. The fraction of sp³-hybridized carbons (Fsp3) is 0.400. The van der Waals surface area contributed by atoms with Crippen LogP contribution in [0.2, 0.25) is 5.02 Å². The summed E-state index contributed by atoms with van der Waals surface area (Å²) in [5, 5.41) is 12.1. The summed E-state index contributed by atoms with van der Waals surface area (Å²) in [6, 6.07) is 6.05. The topological polar surface area (TPSA) is 37.5 Å². The molecule has 1 aliphatic heterocycles. The van der Waals surface area contributed by atoms with E-state index in [0.29, 0.717) is 13.1 Å². The van der Waals surface area contributed by atoms with Gasteiger partial charge in [0.2, 0.25) is 0 Å². The molecule has 0 bridgehead atoms. The number of aliphatic imine (C=N–C) groups is 1. The third-order valence-corrected chi connectivity index (χ3v) is 4.37. The third kappa shape index (κ3) is 1.96. The van der Waals surface area contributed by atoms with E-state index in [-0.39, 0.29) is 12.4 Å². The van der Waals surface area contributed by atoms with Crippen LogP contribution in [-0.2, 0) is 13.0 Å². The van der Waals surface area contributed by atoms with Gasteiger partial charge in [-0.2, -0.15) is 0 Å². The molecule has 1 atom stereocenters. The first-order chi connectivity index (χ1) is 9.24. The van der Waals surface area contributed by atoms with Gasteiger partial charge in [-0.1, -0.05) is 17.7 Å². The van der Waals surface area contributed by atoms with E-state index in [4.69, 9.17) is 11.6 Å². The highest BCUT2D eigenvalue weighted by molar-refractivity contribution is 6.31. The zero-order valence-corrected chi connectivity index (χ0v) is 12.5. The Morgan fingerprint density at radius 2 is 2.15 bits per heavy atom. The number of benzene rings is 1. The van der Waals surface area contributed by atoms with Gasteiger partial charge in [0, 0.05) is 10.4 Å². The molecule has 4 rings (SSSR count). The maximum absolute atomic E-state index is 10.0. The van der Waals surface area contributed by atoms with Crippen LogP contribution in [0.3, 0.4) is 0 Å². The minimum absolute atomic E-state index is 0. The molecule has 106 valence electrons. The Hall–Kier alpha value is -1.03.